The highest BCUT2D eigenvalue weighted by atomic mass is 35.5. The Hall–Kier alpha value is -1.48. The summed E-state index contributed by atoms with van der Waals surface area (Å²) in [5, 5.41) is 1.46. The molecule has 1 aliphatic heterocycles. The van der Waals surface area contributed by atoms with Crippen LogP contribution in [0, 0.1) is 0 Å². The molecule has 0 spiro atoms. The van der Waals surface area contributed by atoms with Crippen LogP contribution in [0.1, 0.15) is 12.8 Å². The van der Waals surface area contributed by atoms with E-state index >= 15 is 0 Å². The van der Waals surface area contributed by atoms with E-state index in [2.05, 4.69) is 11.3 Å². The van der Waals surface area contributed by atoms with Gasteiger partial charge in [-0.05, 0) is 18.9 Å². The topological polar surface area (TPSA) is 102 Å². The van der Waals surface area contributed by atoms with Gasteiger partial charge in [0.2, 0.25) is 10.0 Å². The smallest absolute Gasteiger partial charge is 0.260 e. The number of hydrogen-bond donors (Lipinski definition) is 2. The van der Waals surface area contributed by atoms with Gasteiger partial charge in [0.25, 0.3) is 5.91 Å². The van der Waals surface area contributed by atoms with Gasteiger partial charge < -0.3 is 15.4 Å². The fourth-order valence-electron chi connectivity index (χ4n) is 2.41. The first-order valence-corrected chi connectivity index (χ1v) is 9.82. The Bertz CT molecular complexity index is 762. The minimum absolute atomic E-state index is 0.191. The lowest BCUT2D eigenvalue weighted by molar-refractivity contribution is -0.134. The van der Waals surface area contributed by atoms with Crippen molar-refractivity contribution < 1.29 is 17.9 Å². The molecule has 1 amide bonds. The second kappa shape index (κ2) is 8.27. The summed E-state index contributed by atoms with van der Waals surface area (Å²) in [6, 6.07) is 2.71. The van der Waals surface area contributed by atoms with Gasteiger partial charge in [0.15, 0.2) is 6.61 Å². The predicted octanol–water partition coefficient (Wildman–Crippen LogP) is 2.01. The van der Waals surface area contributed by atoms with Crippen LogP contribution in [-0.4, -0.2) is 45.0 Å². The lowest BCUT2D eigenvalue weighted by Crippen LogP contribution is -2.47. The molecule has 1 saturated heterocycles. The lowest BCUT2D eigenvalue weighted by Gasteiger charge is -2.32. The molecular formula is C15H19Cl2N3O4S. The zero-order chi connectivity index (χ0) is 18.6. The Kier molecular flexibility index (Phi) is 6.56. The number of rotatable bonds is 6. The molecule has 0 bridgehead atoms. The van der Waals surface area contributed by atoms with Gasteiger partial charge in [-0.2, -0.15) is 0 Å². The quantitative estimate of drug-likeness (QED) is 0.702. The number of sulfonamides is 1. The molecule has 1 heterocycles. The van der Waals surface area contributed by atoms with Crippen LogP contribution in [-0.2, 0) is 14.8 Å². The van der Waals surface area contributed by atoms with E-state index in [0.29, 0.717) is 36.6 Å². The minimum Gasteiger partial charge on any atom is -0.482 e. The number of anilines is 1. The number of nitrogen functional groups attached to an aromatic ring is 1. The second-order valence-electron chi connectivity index (χ2n) is 5.58. The van der Waals surface area contributed by atoms with Crippen molar-refractivity contribution in [2.75, 3.05) is 25.4 Å². The third kappa shape index (κ3) is 5.50. The zero-order valence-corrected chi connectivity index (χ0v) is 15.7. The second-order valence-corrected chi connectivity index (χ2v) is 8.05. The van der Waals surface area contributed by atoms with Gasteiger partial charge in [-0.3, -0.25) is 4.79 Å². The lowest BCUT2D eigenvalue weighted by atomic mass is 10.1. The van der Waals surface area contributed by atoms with E-state index in [0.717, 1.165) is 5.41 Å². The standard InChI is InChI=1S/C15H19Cl2N3O4S/c1-2-25(22,23)19-10-3-5-20(6-4-10)15(21)9-24-14-8-13(18)11(16)7-12(14)17/h2,7-8,10,19H,1,3-6,9,18H2. The maximum Gasteiger partial charge on any atom is 0.260 e. The average Bonchev–Trinajstić information content (AvgIpc) is 2.57. The molecule has 0 aliphatic carbocycles. The maximum atomic E-state index is 12.2. The largest absolute Gasteiger partial charge is 0.482 e. The van der Waals surface area contributed by atoms with E-state index in [4.69, 9.17) is 33.7 Å². The van der Waals surface area contributed by atoms with E-state index in [1.165, 1.54) is 12.1 Å². The number of carbonyl (C=O) groups is 1. The SMILES string of the molecule is C=CS(=O)(=O)NC1CCN(C(=O)COc2cc(N)c(Cl)cc2Cl)CC1. The fourth-order valence-corrected chi connectivity index (χ4v) is 3.65. The molecule has 0 unspecified atom stereocenters. The van der Waals surface area contributed by atoms with E-state index < -0.39 is 10.0 Å². The van der Waals surface area contributed by atoms with Crippen molar-refractivity contribution in [2.24, 2.45) is 0 Å². The summed E-state index contributed by atoms with van der Waals surface area (Å²) in [6.45, 7) is 3.93. The highest BCUT2D eigenvalue weighted by Crippen LogP contribution is 2.32. The molecule has 0 saturated carbocycles. The maximum absolute atomic E-state index is 12.2. The Labute approximate surface area is 156 Å². The van der Waals surface area contributed by atoms with Gasteiger partial charge in [-0.1, -0.05) is 29.8 Å². The number of piperidine rings is 1. The van der Waals surface area contributed by atoms with Crippen LogP contribution in [0.3, 0.4) is 0 Å². The third-order valence-electron chi connectivity index (χ3n) is 3.80. The first kappa shape index (κ1) is 19.8. The number of halogens is 2. The first-order chi connectivity index (χ1) is 11.7. The summed E-state index contributed by atoms with van der Waals surface area (Å²) in [7, 11) is -3.47. The number of nitrogens with zero attached hydrogens (tertiary/aromatic N) is 1. The summed E-state index contributed by atoms with van der Waals surface area (Å²) >= 11 is 11.8. The van der Waals surface area contributed by atoms with Crippen LogP contribution in [0.15, 0.2) is 24.1 Å². The monoisotopic (exact) mass is 407 g/mol. The van der Waals surface area contributed by atoms with Gasteiger partial charge in [0, 0.05) is 30.6 Å². The molecular weight excluding hydrogens is 389 g/mol. The number of hydrogen-bond acceptors (Lipinski definition) is 5. The van der Waals surface area contributed by atoms with Crippen LogP contribution in [0.2, 0.25) is 10.0 Å². The molecule has 1 aliphatic rings. The van der Waals surface area contributed by atoms with Gasteiger partial charge in [0.1, 0.15) is 5.75 Å². The zero-order valence-electron chi connectivity index (χ0n) is 13.4. The molecule has 10 heteroatoms. The molecule has 3 N–H and O–H groups in total. The Balaban J connectivity index is 1.85. The van der Waals surface area contributed by atoms with Crippen LogP contribution >= 0.6 is 23.2 Å². The Morgan fingerprint density at radius 3 is 2.60 bits per heavy atom. The van der Waals surface area contributed by atoms with Crippen molar-refractivity contribution in [1.82, 2.24) is 9.62 Å². The molecule has 2 rings (SSSR count). The molecule has 25 heavy (non-hydrogen) atoms. The summed E-state index contributed by atoms with van der Waals surface area (Å²) < 4.78 is 30.9. The normalized spacial score (nSPS) is 15.8. The number of benzene rings is 1. The molecule has 0 radical (unpaired) electrons. The van der Waals surface area contributed by atoms with E-state index in [9.17, 15) is 13.2 Å². The van der Waals surface area contributed by atoms with Crippen molar-refractivity contribution in [3.05, 3.63) is 34.2 Å². The molecule has 1 fully saturated rings. The fraction of sp³-hybridized carbons (Fsp3) is 0.400. The van der Waals surface area contributed by atoms with E-state index in [1.54, 1.807) is 4.90 Å². The molecule has 0 atom stereocenters. The van der Waals surface area contributed by atoms with Crippen molar-refractivity contribution in [3.8, 4) is 5.75 Å². The van der Waals surface area contributed by atoms with Gasteiger partial charge in [0.05, 0.1) is 15.7 Å². The van der Waals surface area contributed by atoms with Crippen LogP contribution in [0.4, 0.5) is 5.69 Å². The Morgan fingerprint density at radius 2 is 2.00 bits per heavy atom. The average molecular weight is 408 g/mol. The van der Waals surface area contributed by atoms with Crippen LogP contribution in [0.5, 0.6) is 5.75 Å². The number of ether oxygens (including phenoxy) is 1. The summed E-state index contributed by atoms with van der Waals surface area (Å²) in [5.74, 6) is 0.0696. The minimum atomic E-state index is -3.47. The van der Waals surface area contributed by atoms with Crippen molar-refractivity contribution >= 4 is 44.8 Å². The number of likely N-dealkylation sites (tertiary alicyclic amines) is 1. The van der Waals surface area contributed by atoms with E-state index in [-0.39, 0.29) is 29.3 Å². The van der Waals surface area contributed by atoms with Gasteiger partial charge in [-0.25, -0.2) is 13.1 Å². The molecule has 1 aromatic carbocycles. The molecule has 1 aromatic rings. The molecule has 138 valence electrons. The van der Waals surface area contributed by atoms with Crippen LogP contribution in [0.25, 0.3) is 0 Å². The number of nitrogens with two attached hydrogens (primary N) is 1. The van der Waals surface area contributed by atoms with Crippen molar-refractivity contribution in [1.29, 1.82) is 0 Å². The third-order valence-corrected chi connectivity index (χ3v) is 5.52. The van der Waals surface area contributed by atoms with Gasteiger partial charge >= 0.3 is 0 Å². The number of nitrogens with one attached hydrogen (secondary N) is 1. The van der Waals surface area contributed by atoms with Gasteiger partial charge in [-0.15, -0.1) is 0 Å². The number of amides is 1. The summed E-state index contributed by atoms with van der Waals surface area (Å²) in [5.41, 5.74) is 6.00. The highest BCUT2D eigenvalue weighted by Gasteiger charge is 2.25. The Morgan fingerprint density at radius 1 is 1.36 bits per heavy atom. The summed E-state index contributed by atoms with van der Waals surface area (Å²) in [4.78, 5) is 13.8. The van der Waals surface area contributed by atoms with Crippen molar-refractivity contribution in [2.45, 2.75) is 18.9 Å². The van der Waals surface area contributed by atoms with Crippen molar-refractivity contribution in [3.63, 3.8) is 0 Å². The summed E-state index contributed by atoms with van der Waals surface area (Å²) in [6.07, 6.45) is 1.04. The molecule has 7 nitrogen and oxygen atoms in total. The first-order valence-electron chi connectivity index (χ1n) is 7.51. The molecule has 0 aromatic heterocycles. The highest BCUT2D eigenvalue weighted by molar-refractivity contribution is 7.92. The predicted molar refractivity (Wildman–Crippen MR) is 98.2 cm³/mol. The number of carbonyl (C=O) groups excluding carboxylic acids is 1. The van der Waals surface area contributed by atoms with E-state index in [1.807, 2.05) is 0 Å². The van der Waals surface area contributed by atoms with Crippen LogP contribution < -0.4 is 15.2 Å².